The van der Waals surface area contributed by atoms with Crippen LogP contribution in [0.5, 0.6) is 0 Å². The van der Waals surface area contributed by atoms with Crippen molar-refractivity contribution in [1.29, 1.82) is 0 Å². The van der Waals surface area contributed by atoms with Crippen molar-refractivity contribution < 1.29 is 4.42 Å². The highest BCUT2D eigenvalue weighted by Crippen LogP contribution is 2.20. The predicted octanol–water partition coefficient (Wildman–Crippen LogP) is 1.51. The van der Waals surface area contributed by atoms with Gasteiger partial charge >= 0.3 is 0 Å². The van der Waals surface area contributed by atoms with Gasteiger partial charge in [-0.25, -0.2) is 9.67 Å². The summed E-state index contributed by atoms with van der Waals surface area (Å²) in [6, 6.07) is 2.23. The predicted molar refractivity (Wildman–Crippen MR) is 67.6 cm³/mol. The SMILES string of the molecule is Cc1cc(C(Cc2ncnn2C(C)C)NN)co1. The van der Waals surface area contributed by atoms with Crippen LogP contribution in [-0.4, -0.2) is 14.8 Å². The number of nitrogens with one attached hydrogen (secondary N) is 1. The van der Waals surface area contributed by atoms with E-state index in [2.05, 4.69) is 29.4 Å². The smallest absolute Gasteiger partial charge is 0.138 e. The average Bonchev–Trinajstić information content (AvgIpc) is 2.94. The standard InChI is InChI=1S/C12H19N5O/c1-8(2)17-12(14-7-15-17)5-11(16-13)10-4-9(3)18-6-10/h4,6-8,11,16H,5,13H2,1-3H3. The van der Waals surface area contributed by atoms with E-state index in [1.54, 1.807) is 12.6 Å². The van der Waals surface area contributed by atoms with Crippen LogP contribution in [0.15, 0.2) is 23.1 Å². The lowest BCUT2D eigenvalue weighted by Gasteiger charge is -2.15. The molecule has 2 aromatic rings. The Balaban J connectivity index is 2.18. The van der Waals surface area contributed by atoms with Gasteiger partial charge in [0.15, 0.2) is 0 Å². The number of hydrogen-bond acceptors (Lipinski definition) is 5. The first-order valence-corrected chi connectivity index (χ1v) is 6.01. The summed E-state index contributed by atoms with van der Waals surface area (Å²) in [5.74, 6) is 7.39. The fourth-order valence-electron chi connectivity index (χ4n) is 1.95. The first-order valence-electron chi connectivity index (χ1n) is 6.01. The highest BCUT2D eigenvalue weighted by molar-refractivity contribution is 5.17. The molecule has 2 rings (SSSR count). The van der Waals surface area contributed by atoms with Gasteiger partial charge in [0, 0.05) is 18.0 Å². The number of hydrogen-bond donors (Lipinski definition) is 2. The van der Waals surface area contributed by atoms with Crippen molar-refractivity contribution in [2.45, 2.75) is 39.3 Å². The van der Waals surface area contributed by atoms with E-state index < -0.39 is 0 Å². The van der Waals surface area contributed by atoms with Gasteiger partial charge in [-0.2, -0.15) is 5.10 Å². The van der Waals surface area contributed by atoms with Crippen molar-refractivity contribution in [3.8, 4) is 0 Å². The molecule has 1 unspecified atom stereocenters. The topological polar surface area (TPSA) is 81.9 Å². The highest BCUT2D eigenvalue weighted by Gasteiger charge is 2.17. The third-order valence-corrected chi connectivity index (χ3v) is 2.88. The van der Waals surface area contributed by atoms with E-state index in [4.69, 9.17) is 10.3 Å². The fourth-order valence-corrected chi connectivity index (χ4v) is 1.95. The number of nitrogens with two attached hydrogens (primary N) is 1. The maximum Gasteiger partial charge on any atom is 0.138 e. The number of aryl methyl sites for hydroxylation is 1. The minimum Gasteiger partial charge on any atom is -0.469 e. The summed E-state index contributed by atoms with van der Waals surface area (Å²) in [6.07, 6.45) is 3.97. The molecule has 0 radical (unpaired) electrons. The van der Waals surface area contributed by atoms with E-state index in [1.165, 1.54) is 0 Å². The number of rotatable bonds is 5. The van der Waals surface area contributed by atoms with Gasteiger partial charge in [0.25, 0.3) is 0 Å². The minimum absolute atomic E-state index is 0.0239. The van der Waals surface area contributed by atoms with Crippen LogP contribution in [0.2, 0.25) is 0 Å². The van der Waals surface area contributed by atoms with E-state index >= 15 is 0 Å². The molecule has 0 aliphatic rings. The lowest BCUT2D eigenvalue weighted by atomic mass is 10.1. The Bertz CT molecular complexity index is 502. The van der Waals surface area contributed by atoms with E-state index in [-0.39, 0.29) is 12.1 Å². The van der Waals surface area contributed by atoms with Gasteiger partial charge in [0.05, 0.1) is 12.3 Å². The summed E-state index contributed by atoms with van der Waals surface area (Å²) in [5, 5.41) is 4.22. The summed E-state index contributed by atoms with van der Waals surface area (Å²) >= 11 is 0. The first kappa shape index (κ1) is 12.8. The Kier molecular flexibility index (Phi) is 3.78. The van der Waals surface area contributed by atoms with Gasteiger partial charge in [-0.1, -0.05) is 0 Å². The monoisotopic (exact) mass is 249 g/mol. The summed E-state index contributed by atoms with van der Waals surface area (Å²) in [5.41, 5.74) is 3.82. The van der Waals surface area contributed by atoms with Crippen LogP contribution < -0.4 is 11.3 Å². The molecule has 0 bridgehead atoms. The van der Waals surface area contributed by atoms with Crippen molar-refractivity contribution in [3.63, 3.8) is 0 Å². The summed E-state index contributed by atoms with van der Waals surface area (Å²) in [6.45, 7) is 6.06. The second kappa shape index (κ2) is 5.32. The zero-order valence-electron chi connectivity index (χ0n) is 10.9. The quantitative estimate of drug-likeness (QED) is 0.620. The van der Waals surface area contributed by atoms with Crippen molar-refractivity contribution in [2.75, 3.05) is 0 Å². The van der Waals surface area contributed by atoms with Crippen molar-refractivity contribution >= 4 is 0 Å². The Labute approximate surface area is 106 Å². The zero-order chi connectivity index (χ0) is 13.1. The van der Waals surface area contributed by atoms with E-state index in [0.717, 1.165) is 17.1 Å². The molecule has 6 heteroatoms. The number of furan rings is 1. The van der Waals surface area contributed by atoms with Crippen LogP contribution in [0.4, 0.5) is 0 Å². The van der Waals surface area contributed by atoms with Gasteiger partial charge in [0.2, 0.25) is 0 Å². The molecule has 0 spiro atoms. The number of nitrogens with zero attached hydrogens (tertiary/aromatic N) is 3. The van der Waals surface area contributed by atoms with Crippen LogP contribution in [0.1, 0.15) is 43.1 Å². The number of hydrazine groups is 1. The van der Waals surface area contributed by atoms with E-state index in [0.29, 0.717) is 6.42 Å². The molecular formula is C12H19N5O. The largest absolute Gasteiger partial charge is 0.469 e. The van der Waals surface area contributed by atoms with Gasteiger partial charge in [-0.15, -0.1) is 0 Å². The molecule has 0 saturated heterocycles. The van der Waals surface area contributed by atoms with E-state index in [1.807, 2.05) is 17.7 Å². The Morgan fingerprint density at radius 2 is 2.28 bits per heavy atom. The van der Waals surface area contributed by atoms with E-state index in [9.17, 15) is 0 Å². The lowest BCUT2D eigenvalue weighted by molar-refractivity contribution is 0.464. The van der Waals surface area contributed by atoms with Crippen LogP contribution >= 0.6 is 0 Å². The minimum atomic E-state index is -0.0239. The van der Waals surface area contributed by atoms with Crippen LogP contribution in [-0.2, 0) is 6.42 Å². The zero-order valence-corrected chi connectivity index (χ0v) is 10.9. The Morgan fingerprint density at radius 1 is 1.50 bits per heavy atom. The molecular weight excluding hydrogens is 230 g/mol. The van der Waals surface area contributed by atoms with Gasteiger partial charge < -0.3 is 4.42 Å². The molecule has 98 valence electrons. The third-order valence-electron chi connectivity index (χ3n) is 2.88. The maximum absolute atomic E-state index is 5.61. The summed E-state index contributed by atoms with van der Waals surface area (Å²) in [7, 11) is 0. The summed E-state index contributed by atoms with van der Waals surface area (Å²) in [4.78, 5) is 4.28. The molecule has 0 aliphatic heterocycles. The Hall–Kier alpha value is -1.66. The molecule has 0 aromatic carbocycles. The molecule has 18 heavy (non-hydrogen) atoms. The molecule has 1 atom stereocenters. The van der Waals surface area contributed by atoms with Crippen LogP contribution in [0.3, 0.4) is 0 Å². The fraction of sp³-hybridized carbons (Fsp3) is 0.500. The van der Waals surface area contributed by atoms with Gasteiger partial charge in [-0.3, -0.25) is 11.3 Å². The molecule has 0 saturated carbocycles. The van der Waals surface area contributed by atoms with Gasteiger partial charge in [0.1, 0.15) is 17.9 Å². The van der Waals surface area contributed by atoms with Gasteiger partial charge in [-0.05, 0) is 26.8 Å². The highest BCUT2D eigenvalue weighted by atomic mass is 16.3. The Morgan fingerprint density at radius 3 is 2.83 bits per heavy atom. The molecule has 2 heterocycles. The van der Waals surface area contributed by atoms with Crippen LogP contribution in [0.25, 0.3) is 0 Å². The van der Waals surface area contributed by atoms with Crippen LogP contribution in [0, 0.1) is 6.92 Å². The molecule has 3 N–H and O–H groups in total. The molecule has 0 aliphatic carbocycles. The second-order valence-electron chi connectivity index (χ2n) is 4.63. The maximum atomic E-state index is 5.61. The van der Waals surface area contributed by atoms with Crippen molar-refractivity contribution in [1.82, 2.24) is 20.2 Å². The average molecular weight is 249 g/mol. The molecule has 6 nitrogen and oxygen atoms in total. The van der Waals surface area contributed by atoms with Crippen molar-refractivity contribution in [2.24, 2.45) is 5.84 Å². The lowest BCUT2D eigenvalue weighted by Crippen LogP contribution is -2.30. The molecule has 0 fully saturated rings. The number of aromatic nitrogens is 3. The third kappa shape index (κ3) is 2.60. The summed E-state index contributed by atoms with van der Waals surface area (Å²) < 4.78 is 7.21. The second-order valence-corrected chi connectivity index (χ2v) is 4.63. The normalized spacial score (nSPS) is 13.2. The first-order chi connectivity index (χ1) is 8.61. The molecule has 0 amide bonds. The molecule has 2 aromatic heterocycles. The van der Waals surface area contributed by atoms with Crippen molar-refractivity contribution in [3.05, 3.63) is 35.8 Å².